The molecular weight excluding hydrogens is 148 g/mol. The molecule has 2 unspecified atom stereocenters. The molecule has 0 aliphatic carbocycles. The van der Waals surface area contributed by atoms with E-state index in [0.29, 0.717) is 11.3 Å². The molecule has 0 aromatic carbocycles. The van der Waals surface area contributed by atoms with Crippen LogP contribution >= 0.6 is 11.6 Å². The second-order valence-electron chi connectivity index (χ2n) is 2.74. The Balaban J connectivity index is 2.14. The van der Waals surface area contributed by atoms with Crippen LogP contribution in [0.4, 0.5) is 0 Å². The second-order valence-corrected chi connectivity index (χ2v) is 3.30. The Morgan fingerprint density at radius 3 is 2.90 bits per heavy atom. The quantitative estimate of drug-likeness (QED) is 0.588. The number of nitrogens with one attached hydrogen (secondary N) is 2. The Hall–Kier alpha value is 0.210. The second kappa shape index (κ2) is 4.16. The fourth-order valence-electron chi connectivity index (χ4n) is 1.23. The summed E-state index contributed by atoms with van der Waals surface area (Å²) in [6, 6.07) is 0. The first-order chi connectivity index (χ1) is 4.84. The molecule has 0 amide bonds. The summed E-state index contributed by atoms with van der Waals surface area (Å²) in [5, 5.41) is 6.89. The summed E-state index contributed by atoms with van der Waals surface area (Å²) >= 11 is 6.01. The van der Waals surface area contributed by atoms with E-state index in [1.165, 1.54) is 0 Å². The van der Waals surface area contributed by atoms with Gasteiger partial charge in [0.2, 0.25) is 0 Å². The molecule has 0 aromatic heterocycles. The van der Waals surface area contributed by atoms with E-state index >= 15 is 0 Å². The number of halogens is 1. The summed E-state index contributed by atoms with van der Waals surface area (Å²) in [6.45, 7) is 6.25. The number of hydrogen-bond donors (Lipinski definition) is 2. The average Bonchev–Trinajstić information content (AvgIpc) is 2.31. The van der Waals surface area contributed by atoms with Crippen molar-refractivity contribution in [3.05, 3.63) is 0 Å². The maximum atomic E-state index is 6.01. The zero-order chi connectivity index (χ0) is 7.40. The summed E-state index contributed by atoms with van der Waals surface area (Å²) in [7, 11) is 0. The van der Waals surface area contributed by atoms with Gasteiger partial charge in [-0.3, -0.25) is 0 Å². The van der Waals surface area contributed by atoms with Gasteiger partial charge in [-0.05, 0) is 6.54 Å². The van der Waals surface area contributed by atoms with Crippen molar-refractivity contribution in [3.8, 4) is 0 Å². The molecule has 60 valence electrons. The van der Waals surface area contributed by atoms with Gasteiger partial charge >= 0.3 is 0 Å². The lowest BCUT2D eigenvalue weighted by Crippen LogP contribution is -2.27. The highest BCUT2D eigenvalue weighted by molar-refractivity contribution is 6.21. The summed E-state index contributed by atoms with van der Waals surface area (Å²) in [5.74, 6) is 0.626. The minimum absolute atomic E-state index is 0.332. The Labute approximate surface area is 67.3 Å². The number of rotatable bonds is 3. The van der Waals surface area contributed by atoms with Crippen molar-refractivity contribution in [3.63, 3.8) is 0 Å². The Kier molecular flexibility index (Phi) is 3.46. The van der Waals surface area contributed by atoms with E-state index < -0.39 is 0 Å². The zero-order valence-electron chi connectivity index (χ0n) is 6.36. The van der Waals surface area contributed by atoms with Crippen molar-refractivity contribution in [2.75, 3.05) is 26.2 Å². The van der Waals surface area contributed by atoms with Gasteiger partial charge in [-0.2, -0.15) is 0 Å². The fraction of sp³-hybridized carbons (Fsp3) is 1.00. The highest BCUT2D eigenvalue weighted by Crippen LogP contribution is 2.13. The highest BCUT2D eigenvalue weighted by atomic mass is 35.5. The van der Waals surface area contributed by atoms with Gasteiger partial charge in [0.1, 0.15) is 0 Å². The molecule has 2 atom stereocenters. The van der Waals surface area contributed by atoms with Gasteiger partial charge in [0, 0.05) is 25.6 Å². The molecular formula is C7H15ClN2. The molecule has 0 bridgehead atoms. The van der Waals surface area contributed by atoms with Crippen molar-refractivity contribution in [2.24, 2.45) is 5.92 Å². The summed E-state index contributed by atoms with van der Waals surface area (Å²) in [6.07, 6.45) is 0. The average molecular weight is 163 g/mol. The molecule has 1 heterocycles. The molecule has 10 heavy (non-hydrogen) atoms. The predicted molar refractivity (Wildman–Crippen MR) is 44.5 cm³/mol. The molecule has 3 heteroatoms. The van der Waals surface area contributed by atoms with E-state index in [4.69, 9.17) is 11.6 Å². The molecule has 0 saturated carbocycles. The van der Waals surface area contributed by atoms with E-state index in [9.17, 15) is 0 Å². The molecule has 2 N–H and O–H groups in total. The van der Waals surface area contributed by atoms with E-state index in [1.807, 2.05) is 0 Å². The van der Waals surface area contributed by atoms with E-state index in [2.05, 4.69) is 17.6 Å². The fourth-order valence-corrected chi connectivity index (χ4v) is 1.52. The smallest absolute Gasteiger partial charge is 0.0513 e. The zero-order valence-corrected chi connectivity index (χ0v) is 7.12. The number of alkyl halides is 1. The van der Waals surface area contributed by atoms with Gasteiger partial charge in [-0.15, -0.1) is 11.6 Å². The van der Waals surface area contributed by atoms with Crippen LogP contribution in [0.25, 0.3) is 0 Å². The third-order valence-corrected chi connectivity index (χ3v) is 2.42. The molecule has 0 spiro atoms. The van der Waals surface area contributed by atoms with Crippen LogP contribution in [0.1, 0.15) is 6.92 Å². The Morgan fingerprint density at radius 2 is 2.40 bits per heavy atom. The molecule has 1 aliphatic rings. The Bertz CT molecular complexity index is 97.6. The van der Waals surface area contributed by atoms with Crippen LogP contribution in [0.15, 0.2) is 0 Å². The van der Waals surface area contributed by atoms with Gasteiger partial charge in [-0.1, -0.05) is 6.92 Å². The normalized spacial score (nSPS) is 33.0. The lowest BCUT2D eigenvalue weighted by molar-refractivity contribution is 0.528. The standard InChI is InChI=1S/C7H15ClN2/c1-2-9-3-6-4-10-5-7(6)8/h6-7,9-10H,2-5H2,1H3. The topological polar surface area (TPSA) is 24.1 Å². The van der Waals surface area contributed by atoms with Gasteiger partial charge < -0.3 is 10.6 Å². The van der Waals surface area contributed by atoms with Crippen molar-refractivity contribution >= 4 is 11.6 Å². The predicted octanol–water partition coefficient (Wildman–Crippen LogP) is 0.423. The molecule has 0 radical (unpaired) electrons. The van der Waals surface area contributed by atoms with Gasteiger partial charge in [0.25, 0.3) is 0 Å². The molecule has 2 nitrogen and oxygen atoms in total. The van der Waals surface area contributed by atoms with Crippen molar-refractivity contribution in [1.29, 1.82) is 0 Å². The van der Waals surface area contributed by atoms with Crippen molar-refractivity contribution in [1.82, 2.24) is 10.6 Å². The van der Waals surface area contributed by atoms with E-state index in [1.54, 1.807) is 0 Å². The third-order valence-electron chi connectivity index (χ3n) is 1.91. The maximum absolute atomic E-state index is 6.01. The minimum Gasteiger partial charge on any atom is -0.317 e. The monoisotopic (exact) mass is 162 g/mol. The molecule has 1 rings (SSSR count). The summed E-state index contributed by atoms with van der Waals surface area (Å²) in [5.41, 5.74) is 0. The minimum atomic E-state index is 0.332. The van der Waals surface area contributed by atoms with Gasteiger partial charge in [-0.25, -0.2) is 0 Å². The van der Waals surface area contributed by atoms with Crippen LogP contribution in [0.3, 0.4) is 0 Å². The first kappa shape index (κ1) is 8.31. The van der Waals surface area contributed by atoms with Crippen LogP contribution in [0.5, 0.6) is 0 Å². The van der Waals surface area contributed by atoms with E-state index in [-0.39, 0.29) is 0 Å². The van der Waals surface area contributed by atoms with Crippen LogP contribution < -0.4 is 10.6 Å². The lowest BCUT2D eigenvalue weighted by atomic mass is 10.1. The molecule has 0 aromatic rings. The highest BCUT2D eigenvalue weighted by Gasteiger charge is 2.23. The Morgan fingerprint density at radius 1 is 1.60 bits per heavy atom. The van der Waals surface area contributed by atoms with Crippen LogP contribution in [0.2, 0.25) is 0 Å². The van der Waals surface area contributed by atoms with Crippen LogP contribution in [0, 0.1) is 5.92 Å². The first-order valence-electron chi connectivity index (χ1n) is 3.90. The maximum Gasteiger partial charge on any atom is 0.0513 e. The van der Waals surface area contributed by atoms with Crippen molar-refractivity contribution < 1.29 is 0 Å². The van der Waals surface area contributed by atoms with Crippen LogP contribution in [-0.2, 0) is 0 Å². The van der Waals surface area contributed by atoms with Crippen LogP contribution in [-0.4, -0.2) is 31.6 Å². The largest absolute Gasteiger partial charge is 0.317 e. The summed E-state index contributed by atoms with van der Waals surface area (Å²) in [4.78, 5) is 0. The first-order valence-corrected chi connectivity index (χ1v) is 4.33. The summed E-state index contributed by atoms with van der Waals surface area (Å²) < 4.78 is 0. The van der Waals surface area contributed by atoms with Gasteiger partial charge in [0.05, 0.1) is 5.38 Å². The molecule has 1 fully saturated rings. The van der Waals surface area contributed by atoms with Crippen molar-refractivity contribution in [2.45, 2.75) is 12.3 Å². The number of hydrogen-bond acceptors (Lipinski definition) is 2. The van der Waals surface area contributed by atoms with Gasteiger partial charge in [0.15, 0.2) is 0 Å². The molecule has 1 saturated heterocycles. The van der Waals surface area contributed by atoms with E-state index in [0.717, 1.165) is 26.2 Å². The third kappa shape index (κ3) is 2.11. The lowest BCUT2D eigenvalue weighted by Gasteiger charge is -2.11. The molecule has 1 aliphatic heterocycles. The SMILES string of the molecule is CCNCC1CNCC1Cl.